The highest BCUT2D eigenvalue weighted by Crippen LogP contribution is 2.40. The van der Waals surface area contributed by atoms with E-state index in [1.807, 2.05) is 112 Å². The Kier molecular flexibility index (Phi) is 14.6. The molecule has 1 saturated carbocycles. The molecule has 0 bridgehead atoms. The molecule has 2 aliphatic heterocycles. The molecular weight excluding hydrogens is 952 g/mol. The molecule has 2 fully saturated rings. The summed E-state index contributed by atoms with van der Waals surface area (Å²) in [5, 5.41) is 35.2. The molecule has 4 N–H and O–H groups in total. The summed E-state index contributed by atoms with van der Waals surface area (Å²) in [6.07, 6.45) is 1.11. The Morgan fingerprint density at radius 3 is 2.28 bits per heavy atom. The lowest BCUT2D eigenvalue weighted by atomic mass is 9.85. The average molecular weight is 1020 g/mol. The summed E-state index contributed by atoms with van der Waals surface area (Å²) in [4.78, 5) is 54.2. The van der Waals surface area contributed by atoms with Crippen LogP contribution in [0.3, 0.4) is 0 Å². The van der Waals surface area contributed by atoms with E-state index < -0.39 is 23.6 Å². The first kappa shape index (κ1) is 50.7. The number of ether oxygens (including phenoxy) is 1. The number of aryl methyl sites for hydroxylation is 3. The molecule has 16 nitrogen and oxygen atoms in total. The van der Waals surface area contributed by atoms with Crippen molar-refractivity contribution in [3.63, 3.8) is 0 Å². The average Bonchev–Trinajstić information content (AvgIpc) is 4.10. The second kappa shape index (κ2) is 20.7. The first-order valence-corrected chi connectivity index (χ1v) is 25.8. The SMILES string of the molecule is Cc1noc(-c2ccc([C@H](C)NC(C)[C@@H]3C[C@@H](O)CN3C(=O)[C@@H](NC(=O)Cc3ccc(O[C@H]4C[C@H](NC(=O)C[C@@H]5N=C(c6ccc(Cl)cc6)c6c(sc(C)c6C)-n6c(C)nnc65)C4)cc3)C(C)(C)C)cc2)n1. The minimum atomic E-state index is -0.822. The van der Waals surface area contributed by atoms with E-state index in [9.17, 15) is 19.5 Å². The summed E-state index contributed by atoms with van der Waals surface area (Å²) in [5.74, 6) is 2.43. The Hall–Kier alpha value is -6.27. The van der Waals surface area contributed by atoms with Gasteiger partial charge in [-0.3, -0.25) is 23.9 Å². The first-order chi connectivity index (χ1) is 34.3. The maximum atomic E-state index is 14.4. The molecule has 1 aliphatic carbocycles. The van der Waals surface area contributed by atoms with Crippen LogP contribution in [0.4, 0.5) is 0 Å². The molecule has 3 aliphatic rings. The van der Waals surface area contributed by atoms with E-state index in [0.717, 1.165) is 49.9 Å². The number of carbonyl (C=O) groups excluding carboxylic acids is 3. The number of nitrogens with zero attached hydrogens (tertiary/aromatic N) is 7. The highest BCUT2D eigenvalue weighted by Gasteiger charge is 2.44. The van der Waals surface area contributed by atoms with Crippen LogP contribution in [-0.4, -0.2) is 101 Å². The number of nitrogens with one attached hydrogen (secondary N) is 3. The molecule has 5 heterocycles. The van der Waals surface area contributed by atoms with Crippen LogP contribution in [0.1, 0.15) is 123 Å². The van der Waals surface area contributed by atoms with Gasteiger partial charge in [0.1, 0.15) is 34.8 Å². The van der Waals surface area contributed by atoms with Crippen LogP contribution in [-0.2, 0) is 20.8 Å². The maximum Gasteiger partial charge on any atom is 0.257 e. The van der Waals surface area contributed by atoms with Crippen molar-refractivity contribution >= 4 is 46.4 Å². The van der Waals surface area contributed by atoms with E-state index in [1.54, 1.807) is 23.2 Å². The lowest BCUT2D eigenvalue weighted by Crippen LogP contribution is -2.58. The van der Waals surface area contributed by atoms with Gasteiger partial charge in [-0.25, -0.2) is 0 Å². The van der Waals surface area contributed by atoms with Crippen LogP contribution >= 0.6 is 22.9 Å². The minimum absolute atomic E-state index is 0.0552. The third kappa shape index (κ3) is 10.9. The van der Waals surface area contributed by atoms with Gasteiger partial charge in [0.25, 0.3) is 5.89 Å². The van der Waals surface area contributed by atoms with Crippen LogP contribution in [0.15, 0.2) is 82.3 Å². The molecule has 3 aromatic carbocycles. The number of β-amino-alcohol motifs (C(OH)–C–C–N with tert-alkyl or cyclic N) is 1. The number of aliphatic hydroxyl groups excluding tert-OH is 1. The van der Waals surface area contributed by atoms with Crippen LogP contribution in [0.2, 0.25) is 5.02 Å². The number of carbonyl (C=O) groups is 3. The second-order valence-corrected chi connectivity index (χ2v) is 22.3. The van der Waals surface area contributed by atoms with Crippen LogP contribution in [0.5, 0.6) is 5.75 Å². The van der Waals surface area contributed by atoms with Crippen molar-refractivity contribution in [2.45, 2.75) is 143 Å². The molecule has 9 rings (SSSR count). The monoisotopic (exact) mass is 1010 g/mol. The fraction of sp³-hybridized carbons (Fsp3) is 0.444. The van der Waals surface area contributed by atoms with Crippen LogP contribution < -0.4 is 20.7 Å². The molecule has 378 valence electrons. The zero-order valence-electron chi connectivity index (χ0n) is 42.2. The normalized spacial score (nSPS) is 20.8. The lowest BCUT2D eigenvalue weighted by Gasteiger charge is -2.38. The predicted octanol–water partition coefficient (Wildman–Crippen LogP) is 8.05. The van der Waals surface area contributed by atoms with Crippen molar-refractivity contribution in [2.24, 2.45) is 10.4 Å². The Labute approximate surface area is 429 Å². The number of benzene rings is 3. The van der Waals surface area contributed by atoms with E-state index in [1.165, 1.54) is 4.88 Å². The van der Waals surface area contributed by atoms with E-state index in [-0.39, 0.29) is 67.4 Å². The molecule has 0 spiro atoms. The number of likely N-dealkylation sites (tertiary alicyclic amines) is 1. The van der Waals surface area contributed by atoms with Crippen molar-refractivity contribution in [3.8, 4) is 22.2 Å². The van der Waals surface area contributed by atoms with E-state index in [4.69, 9.17) is 25.9 Å². The topological polar surface area (TPSA) is 202 Å². The number of halogens is 1. The number of hydrogen-bond acceptors (Lipinski definition) is 13. The Morgan fingerprint density at radius 2 is 1.61 bits per heavy atom. The number of aromatic nitrogens is 5. The molecule has 6 atom stereocenters. The first-order valence-electron chi connectivity index (χ1n) is 24.7. The summed E-state index contributed by atoms with van der Waals surface area (Å²) in [5.41, 5.74) is 5.89. The molecule has 18 heteroatoms. The predicted molar refractivity (Wildman–Crippen MR) is 277 cm³/mol. The number of fused-ring (bicyclic) bond motifs is 3. The quantitative estimate of drug-likeness (QED) is 0.0776. The Balaban J connectivity index is 0.767. The highest BCUT2D eigenvalue weighted by molar-refractivity contribution is 7.15. The molecular formula is C54H63ClN10O6S. The summed E-state index contributed by atoms with van der Waals surface area (Å²) >= 11 is 7.95. The second-order valence-electron chi connectivity index (χ2n) is 20.7. The molecule has 1 saturated heterocycles. The molecule has 72 heavy (non-hydrogen) atoms. The Bertz CT molecular complexity index is 2970. The van der Waals surface area contributed by atoms with Crippen LogP contribution in [0.25, 0.3) is 16.5 Å². The number of hydrogen-bond donors (Lipinski definition) is 4. The standard InChI is InChI=1S/C54H63ClN10O6S/c1-28-31(4)72-53-47(28)48(36-16-18-38(55)19-17-36)59-43(50-62-61-33(6)65(50)53)26-46(68)58-39-23-42(24-39)70-41-20-10-34(11-21-41)22-45(67)60-49(54(7,8)9)52(69)64-27-40(66)25-44(64)30(3)56-29(2)35-12-14-37(15-13-35)51-57-32(5)63-71-51/h10-21,29-30,39-40,42-44,49,56,66H,22-27H2,1-9H3,(H,58,68)(H,60,67)/t29-,30?,39-,40+,42-,43-,44-,49+/m0/s1. The third-order valence-electron chi connectivity index (χ3n) is 14.1. The van der Waals surface area contributed by atoms with Gasteiger partial charge in [-0.2, -0.15) is 4.98 Å². The lowest BCUT2D eigenvalue weighted by molar-refractivity contribution is -0.140. The van der Waals surface area contributed by atoms with Gasteiger partial charge in [0.15, 0.2) is 11.6 Å². The molecule has 3 aromatic heterocycles. The van der Waals surface area contributed by atoms with E-state index >= 15 is 0 Å². The van der Waals surface area contributed by atoms with Gasteiger partial charge in [-0.1, -0.05) is 73.9 Å². The van der Waals surface area contributed by atoms with E-state index in [2.05, 4.69) is 57.1 Å². The fourth-order valence-electron chi connectivity index (χ4n) is 9.97. The van der Waals surface area contributed by atoms with E-state index in [0.29, 0.717) is 47.6 Å². The van der Waals surface area contributed by atoms with Crippen molar-refractivity contribution in [3.05, 3.63) is 128 Å². The van der Waals surface area contributed by atoms with Gasteiger partial charge < -0.3 is 35.2 Å². The van der Waals surface area contributed by atoms with Gasteiger partial charge >= 0.3 is 0 Å². The van der Waals surface area contributed by atoms with Gasteiger partial charge in [-0.05, 0) is 106 Å². The Morgan fingerprint density at radius 1 is 0.917 bits per heavy atom. The van der Waals surface area contributed by atoms with Gasteiger partial charge in [0.05, 0.1) is 24.7 Å². The molecule has 0 radical (unpaired) electrons. The highest BCUT2D eigenvalue weighted by atomic mass is 35.5. The number of amides is 3. The largest absolute Gasteiger partial charge is 0.490 e. The summed E-state index contributed by atoms with van der Waals surface area (Å²) in [6, 6.07) is 21.0. The van der Waals surface area contributed by atoms with Crippen molar-refractivity contribution in [2.75, 3.05) is 6.54 Å². The molecule has 1 unspecified atom stereocenters. The number of aliphatic imine (C=N–C) groups is 1. The minimum Gasteiger partial charge on any atom is -0.490 e. The van der Waals surface area contributed by atoms with Gasteiger partial charge in [0.2, 0.25) is 17.7 Å². The van der Waals surface area contributed by atoms with Crippen molar-refractivity contribution in [1.29, 1.82) is 0 Å². The third-order valence-corrected chi connectivity index (χ3v) is 15.5. The maximum absolute atomic E-state index is 14.4. The number of aliphatic hydroxyl groups is 1. The number of thiophene rings is 1. The summed E-state index contributed by atoms with van der Waals surface area (Å²) in [6.45, 7) is 18.0. The van der Waals surface area contributed by atoms with Crippen LogP contribution in [0, 0.1) is 33.1 Å². The van der Waals surface area contributed by atoms with Crippen molar-refractivity contribution < 1.29 is 28.8 Å². The van der Waals surface area contributed by atoms with Crippen molar-refractivity contribution in [1.82, 2.24) is 45.8 Å². The summed E-state index contributed by atoms with van der Waals surface area (Å²) < 4.78 is 13.6. The molecule has 6 aromatic rings. The fourth-order valence-corrected chi connectivity index (χ4v) is 11.3. The zero-order chi connectivity index (χ0) is 51.2. The van der Waals surface area contributed by atoms with Gasteiger partial charge in [-0.15, -0.1) is 21.5 Å². The van der Waals surface area contributed by atoms with Gasteiger partial charge in [0, 0.05) is 70.1 Å². The smallest absolute Gasteiger partial charge is 0.257 e. The molecule has 3 amide bonds. The zero-order valence-corrected chi connectivity index (χ0v) is 43.8. The summed E-state index contributed by atoms with van der Waals surface area (Å²) in [7, 11) is 0. The number of rotatable bonds is 15.